The van der Waals surface area contributed by atoms with Gasteiger partial charge in [0.2, 0.25) is 0 Å². The first kappa shape index (κ1) is 28.1. The average Bonchev–Trinajstić information content (AvgIpc) is 2.82. The van der Waals surface area contributed by atoms with E-state index >= 15 is 0 Å². The van der Waals surface area contributed by atoms with Crippen molar-refractivity contribution in [3.8, 4) is 11.5 Å². The van der Waals surface area contributed by atoms with Crippen molar-refractivity contribution in [3.05, 3.63) is 57.6 Å². The molecule has 0 atom stereocenters. The topological polar surface area (TPSA) is 44.8 Å². The molecule has 0 saturated heterocycles. The van der Waals surface area contributed by atoms with Crippen LogP contribution in [0.4, 0.5) is 0 Å². The first-order valence-corrected chi connectivity index (χ1v) is 13.3. The van der Waals surface area contributed by atoms with Crippen LogP contribution in [-0.2, 0) is 38.6 Å². The number of carbonyl (C=O) groups excluding carboxylic acids is 1. The maximum Gasteiger partial charge on any atom is 0.320 e. The molecule has 0 aromatic heterocycles. The molecule has 3 rings (SSSR count). The van der Waals surface area contributed by atoms with Gasteiger partial charge in [0.1, 0.15) is 16.9 Å². The fraction of sp³-hybridized carbons (Fsp3) is 0.594. The Morgan fingerprint density at radius 1 is 0.694 bits per heavy atom. The van der Waals surface area contributed by atoms with Gasteiger partial charge in [-0.05, 0) is 65.7 Å². The molecule has 4 nitrogen and oxygen atoms in total. The van der Waals surface area contributed by atoms with Gasteiger partial charge in [-0.2, -0.15) is 0 Å². The first-order chi connectivity index (χ1) is 16.8. The second kappa shape index (κ2) is 10.5. The lowest BCUT2D eigenvalue weighted by Gasteiger charge is -2.35. The van der Waals surface area contributed by atoms with Crippen LogP contribution in [0.2, 0.25) is 0 Å². The number of methoxy groups -OCH3 is 3. The van der Waals surface area contributed by atoms with Crippen molar-refractivity contribution in [1.82, 2.24) is 0 Å². The molecule has 36 heavy (non-hydrogen) atoms. The van der Waals surface area contributed by atoms with Crippen LogP contribution in [0.25, 0.3) is 0 Å². The number of fused-ring (bicyclic) bond motifs is 4. The van der Waals surface area contributed by atoms with E-state index in [4.69, 9.17) is 14.2 Å². The lowest BCUT2D eigenvalue weighted by atomic mass is 9.70. The van der Waals surface area contributed by atoms with Gasteiger partial charge in [-0.15, -0.1) is 0 Å². The Kier molecular flexibility index (Phi) is 8.17. The molecule has 0 heterocycles. The molecule has 2 aromatic carbocycles. The number of rotatable bonds is 3. The molecule has 1 aliphatic carbocycles. The highest BCUT2D eigenvalue weighted by Crippen LogP contribution is 2.48. The Hall–Kier alpha value is -2.49. The quantitative estimate of drug-likeness (QED) is 0.416. The van der Waals surface area contributed by atoms with Gasteiger partial charge in [-0.25, -0.2) is 0 Å². The van der Waals surface area contributed by atoms with Crippen molar-refractivity contribution in [2.45, 2.75) is 103 Å². The molecular formula is C32H46O4. The molecule has 0 aliphatic heterocycles. The van der Waals surface area contributed by atoms with E-state index in [1.807, 2.05) is 6.92 Å². The first-order valence-electron chi connectivity index (χ1n) is 13.3. The van der Waals surface area contributed by atoms with E-state index in [-0.39, 0.29) is 16.8 Å². The predicted molar refractivity (Wildman–Crippen MR) is 148 cm³/mol. The molecule has 0 radical (unpaired) electrons. The minimum atomic E-state index is -1.12. The van der Waals surface area contributed by atoms with Gasteiger partial charge >= 0.3 is 5.97 Å². The van der Waals surface area contributed by atoms with Gasteiger partial charge in [-0.3, -0.25) is 4.79 Å². The van der Waals surface area contributed by atoms with Gasteiger partial charge in [-0.1, -0.05) is 78.6 Å². The average molecular weight is 495 g/mol. The number of aryl methyl sites for hydroxylation is 2. The molecular weight excluding hydrogens is 448 g/mol. The third-order valence-corrected chi connectivity index (χ3v) is 7.79. The normalized spacial score (nSPS) is 16.3. The predicted octanol–water partition coefficient (Wildman–Crippen LogP) is 7.44. The molecule has 0 fully saturated rings. The number of benzene rings is 2. The number of esters is 1. The smallest absolute Gasteiger partial charge is 0.320 e. The summed E-state index contributed by atoms with van der Waals surface area (Å²) >= 11 is 0. The number of hydrogen-bond acceptors (Lipinski definition) is 4. The maximum absolute atomic E-state index is 13.9. The van der Waals surface area contributed by atoms with Crippen LogP contribution in [-0.4, -0.2) is 27.3 Å². The zero-order chi connectivity index (χ0) is 26.9. The van der Waals surface area contributed by atoms with Gasteiger partial charge < -0.3 is 14.2 Å². The van der Waals surface area contributed by atoms with E-state index < -0.39 is 5.41 Å². The fourth-order valence-corrected chi connectivity index (χ4v) is 5.39. The van der Waals surface area contributed by atoms with Crippen molar-refractivity contribution < 1.29 is 19.0 Å². The van der Waals surface area contributed by atoms with E-state index in [1.54, 1.807) is 14.2 Å². The zero-order valence-corrected chi connectivity index (χ0v) is 24.2. The maximum atomic E-state index is 13.9. The summed E-state index contributed by atoms with van der Waals surface area (Å²) in [5.74, 6) is 1.24. The lowest BCUT2D eigenvalue weighted by Crippen LogP contribution is -2.37. The summed E-state index contributed by atoms with van der Waals surface area (Å²) < 4.78 is 17.7. The molecule has 0 spiro atoms. The van der Waals surface area contributed by atoms with Crippen molar-refractivity contribution in [3.63, 3.8) is 0 Å². The molecule has 0 N–H and O–H groups in total. The summed E-state index contributed by atoms with van der Waals surface area (Å²) in [7, 11) is 4.89. The third-order valence-electron chi connectivity index (χ3n) is 7.79. The van der Waals surface area contributed by atoms with E-state index in [0.717, 1.165) is 72.3 Å². The van der Waals surface area contributed by atoms with Gasteiger partial charge in [0, 0.05) is 11.1 Å². The van der Waals surface area contributed by atoms with Crippen LogP contribution < -0.4 is 9.47 Å². The summed E-state index contributed by atoms with van der Waals surface area (Å²) in [4.78, 5) is 13.9. The SMILES string of the molecule is COC(=O)C1(C)c2cc(C(C)(C)C)cc(c2OC)CCCCCCc2cc(C(C)(C)C)cc1c2OC. The van der Waals surface area contributed by atoms with E-state index in [2.05, 4.69) is 65.8 Å². The van der Waals surface area contributed by atoms with Crippen molar-refractivity contribution in [2.24, 2.45) is 0 Å². The number of ether oxygens (including phenoxy) is 3. The molecule has 4 bridgehead atoms. The Morgan fingerprint density at radius 2 is 1.08 bits per heavy atom. The minimum Gasteiger partial charge on any atom is -0.496 e. The van der Waals surface area contributed by atoms with Gasteiger partial charge in [0.05, 0.1) is 21.3 Å². The summed E-state index contributed by atoms with van der Waals surface area (Å²) in [6.45, 7) is 15.3. The second-order valence-electron chi connectivity index (χ2n) is 12.5. The summed E-state index contributed by atoms with van der Waals surface area (Å²) in [6, 6.07) is 8.85. The molecule has 0 unspecified atom stereocenters. The Bertz CT molecular complexity index is 1020. The number of hydrogen-bond donors (Lipinski definition) is 0. The van der Waals surface area contributed by atoms with Crippen molar-refractivity contribution >= 4 is 5.97 Å². The zero-order valence-electron chi connectivity index (χ0n) is 24.2. The molecule has 0 saturated carbocycles. The Balaban J connectivity index is 2.55. The molecule has 0 amide bonds. The highest BCUT2D eigenvalue weighted by molar-refractivity contribution is 5.90. The highest BCUT2D eigenvalue weighted by Gasteiger charge is 2.45. The number of carbonyl (C=O) groups is 1. The summed E-state index contributed by atoms with van der Waals surface area (Å²) in [5.41, 5.74) is 5.05. The van der Waals surface area contributed by atoms with Crippen LogP contribution in [0, 0.1) is 0 Å². The van der Waals surface area contributed by atoms with Crippen LogP contribution in [0.3, 0.4) is 0 Å². The van der Waals surface area contributed by atoms with Crippen LogP contribution in [0.5, 0.6) is 11.5 Å². The standard InChI is InChI=1S/C32H46O4/c1-30(2,3)23-17-21-15-13-11-12-14-16-22-18-24(31(4,5)6)20-26(28(22)35-9)32(7,29(33)36-10)25(19-23)27(21)34-8/h17-20H,11-16H2,1-10H3. The van der Waals surface area contributed by atoms with E-state index in [0.29, 0.717) is 0 Å². The molecule has 2 aromatic rings. The second-order valence-corrected chi connectivity index (χ2v) is 12.5. The van der Waals surface area contributed by atoms with Crippen LogP contribution >= 0.6 is 0 Å². The highest BCUT2D eigenvalue weighted by atomic mass is 16.5. The monoisotopic (exact) mass is 494 g/mol. The minimum absolute atomic E-state index is 0.0940. The summed E-state index contributed by atoms with van der Waals surface area (Å²) in [6.07, 6.45) is 6.31. The van der Waals surface area contributed by atoms with E-state index in [1.165, 1.54) is 18.2 Å². The van der Waals surface area contributed by atoms with Crippen molar-refractivity contribution in [1.29, 1.82) is 0 Å². The lowest BCUT2D eigenvalue weighted by molar-refractivity contribution is -0.145. The molecule has 1 aliphatic rings. The Morgan fingerprint density at radius 3 is 1.39 bits per heavy atom. The third kappa shape index (κ3) is 5.28. The van der Waals surface area contributed by atoms with Gasteiger partial charge in [0.25, 0.3) is 0 Å². The van der Waals surface area contributed by atoms with Crippen LogP contribution in [0.1, 0.15) is 108 Å². The summed E-state index contributed by atoms with van der Waals surface area (Å²) in [5, 5.41) is 0. The van der Waals surface area contributed by atoms with Gasteiger partial charge in [0.15, 0.2) is 0 Å². The fourth-order valence-electron chi connectivity index (χ4n) is 5.39. The van der Waals surface area contributed by atoms with Crippen molar-refractivity contribution in [2.75, 3.05) is 21.3 Å². The van der Waals surface area contributed by atoms with E-state index in [9.17, 15) is 4.79 Å². The molecule has 198 valence electrons. The van der Waals surface area contributed by atoms with Crippen LogP contribution in [0.15, 0.2) is 24.3 Å². The molecule has 4 heteroatoms. The Labute approximate surface area is 218 Å². The largest absolute Gasteiger partial charge is 0.496 e.